The zero-order chi connectivity index (χ0) is 30.9. The molecule has 6 N–H and O–H groups in total. The Morgan fingerprint density at radius 2 is 1.69 bits per heavy atom. The van der Waals surface area contributed by atoms with Crippen molar-refractivity contribution >= 4 is 35.6 Å². The molecule has 1 heterocycles. The van der Waals surface area contributed by atoms with Gasteiger partial charge in [0.15, 0.2) is 19.2 Å². The van der Waals surface area contributed by atoms with Gasteiger partial charge in [0.1, 0.15) is 11.4 Å². The molecule has 0 saturated carbocycles. The third-order valence-corrected chi connectivity index (χ3v) is 6.33. The van der Waals surface area contributed by atoms with E-state index >= 15 is 0 Å². The van der Waals surface area contributed by atoms with Crippen molar-refractivity contribution in [2.45, 2.75) is 27.7 Å². The number of hydrogen-bond acceptors (Lipinski definition) is 7. The number of carbonyl (C=O) groups excluding carboxylic acids is 3. The Kier molecular flexibility index (Phi) is 10.7. The van der Waals surface area contributed by atoms with Crippen molar-refractivity contribution in [1.82, 2.24) is 20.3 Å². The molecule has 2 aromatic carbocycles. The number of aromatic amines is 1. The van der Waals surface area contributed by atoms with Crippen LogP contribution in [-0.2, 0) is 9.47 Å². The predicted octanol–water partition coefficient (Wildman–Crippen LogP) is 1.66. The standard InChI is InChI=1S/C29H34N6O7/c1-5-31-27(37)21-8-7-18(3)24(13-21)35(40,16-41-17-42-29(39)20-9-11-22(36)12-10-20)26(34-15-30)25-19(4)23(14-33-25)28(38)32-6-2/h7-15,30,33,36H,5-6,16-17H2,1-4H3,(H,31,37)(H,32,38)/p+1. The number of nitrogens with zero attached hydrogens (tertiary/aromatic N) is 2. The highest BCUT2D eigenvalue weighted by molar-refractivity contribution is 6.11. The summed E-state index contributed by atoms with van der Waals surface area (Å²) in [5, 5.41) is 35.5. The molecule has 0 radical (unpaired) electrons. The average molecular weight is 580 g/mol. The predicted molar refractivity (Wildman–Crippen MR) is 157 cm³/mol. The van der Waals surface area contributed by atoms with Crippen LogP contribution in [0.5, 0.6) is 5.75 Å². The van der Waals surface area contributed by atoms with Gasteiger partial charge in [-0.05, 0) is 63.6 Å². The van der Waals surface area contributed by atoms with Gasteiger partial charge >= 0.3 is 11.8 Å². The van der Waals surface area contributed by atoms with E-state index in [1.54, 1.807) is 39.8 Å². The van der Waals surface area contributed by atoms with Crippen LogP contribution in [0.1, 0.15) is 61.7 Å². The fraction of sp³-hybridized carbons (Fsp3) is 0.276. The molecule has 13 nitrogen and oxygen atoms in total. The van der Waals surface area contributed by atoms with Crippen molar-refractivity contribution in [3.8, 4) is 5.75 Å². The van der Waals surface area contributed by atoms with Gasteiger partial charge in [-0.25, -0.2) is 9.44 Å². The maximum atomic E-state index is 14.9. The molecule has 222 valence electrons. The van der Waals surface area contributed by atoms with Gasteiger partial charge in [0.2, 0.25) is 0 Å². The molecule has 3 rings (SSSR count). The zero-order valence-corrected chi connectivity index (χ0v) is 23.9. The number of amidine groups is 1. The summed E-state index contributed by atoms with van der Waals surface area (Å²) < 4.78 is 9.37. The molecule has 2 amide bonds. The summed E-state index contributed by atoms with van der Waals surface area (Å²) in [5.74, 6) is -1.63. The van der Waals surface area contributed by atoms with Gasteiger partial charge in [0.25, 0.3) is 18.2 Å². The number of aryl methyl sites for hydroxylation is 1. The molecule has 0 spiro atoms. The quantitative estimate of drug-likeness (QED) is 0.0410. The summed E-state index contributed by atoms with van der Waals surface area (Å²) in [5.41, 5.74) is 2.00. The molecule has 0 saturated heterocycles. The van der Waals surface area contributed by atoms with Crippen molar-refractivity contribution in [1.29, 1.82) is 0 Å². The Morgan fingerprint density at radius 3 is 2.33 bits per heavy atom. The molecule has 42 heavy (non-hydrogen) atoms. The molecule has 1 atom stereocenters. The average Bonchev–Trinajstić information content (AvgIpc) is 3.35. The summed E-state index contributed by atoms with van der Waals surface area (Å²) in [6.45, 7) is 6.45. The highest BCUT2D eigenvalue weighted by atomic mass is 16.7. The number of carbonyl (C=O) groups is 3. The van der Waals surface area contributed by atoms with Gasteiger partial charge in [-0.2, -0.15) is 0 Å². The van der Waals surface area contributed by atoms with Crippen LogP contribution in [-0.4, -0.2) is 66.7 Å². The number of rotatable bonds is 12. The van der Waals surface area contributed by atoms with E-state index in [9.17, 15) is 24.7 Å². The number of quaternary nitrogens is 1. The van der Waals surface area contributed by atoms with E-state index in [0.29, 0.717) is 29.8 Å². The molecule has 3 aromatic rings. The summed E-state index contributed by atoms with van der Waals surface area (Å²) in [4.78, 5) is 44.8. The third-order valence-electron chi connectivity index (χ3n) is 6.33. The molecule has 13 heteroatoms. The minimum Gasteiger partial charge on any atom is -0.617 e. The van der Waals surface area contributed by atoms with Gasteiger partial charge in [-0.15, -0.1) is 0 Å². The number of H-pyrrole nitrogens is 1. The van der Waals surface area contributed by atoms with Crippen LogP contribution in [0.2, 0.25) is 0 Å². The Hall–Kier alpha value is -4.85. The number of hydrogen-bond donors (Lipinski definition) is 5. The zero-order valence-electron chi connectivity index (χ0n) is 23.9. The number of phenols is 1. The number of phenolic OH excluding ortho intramolecular Hbond substituents is 1. The summed E-state index contributed by atoms with van der Waals surface area (Å²) in [7, 11) is 0. The van der Waals surface area contributed by atoms with E-state index < -0.39 is 24.1 Å². The number of hydroxylamine groups is 2. The van der Waals surface area contributed by atoms with Crippen LogP contribution in [0.4, 0.5) is 5.69 Å². The molecule has 1 unspecified atom stereocenters. The maximum absolute atomic E-state index is 14.9. The second kappa shape index (κ2) is 14.2. The first-order valence-electron chi connectivity index (χ1n) is 13.2. The van der Waals surface area contributed by atoms with E-state index in [1.807, 2.05) is 0 Å². The first-order chi connectivity index (χ1) is 20.1. The van der Waals surface area contributed by atoms with Gasteiger partial charge in [-0.1, -0.05) is 6.07 Å². The van der Waals surface area contributed by atoms with E-state index in [1.165, 1.54) is 36.5 Å². The Morgan fingerprint density at radius 1 is 1.05 bits per heavy atom. The topological polar surface area (TPSA) is 191 Å². The fourth-order valence-electron chi connectivity index (χ4n) is 4.22. The largest absolute Gasteiger partial charge is 0.617 e. The van der Waals surface area contributed by atoms with Crippen molar-refractivity contribution < 1.29 is 34.4 Å². The Bertz CT molecular complexity index is 1480. The van der Waals surface area contributed by atoms with E-state index in [0.717, 1.165) is 6.34 Å². The molecule has 0 aliphatic heterocycles. The SMILES string of the molecule is CCNC(=O)c1ccc(C)c([N+]([O-])(COCOC(=O)c2ccc(O)cc2)C(=NC=[NH2+])c2[nH]cc(C(=O)NCC)c2C)c1. The van der Waals surface area contributed by atoms with Gasteiger partial charge < -0.3 is 30.7 Å². The summed E-state index contributed by atoms with van der Waals surface area (Å²) in [6, 6.07) is 10.1. The Labute approximate surface area is 242 Å². The van der Waals surface area contributed by atoms with Crippen LogP contribution in [0, 0.1) is 19.1 Å². The minimum atomic E-state index is -1.39. The second-order valence-corrected chi connectivity index (χ2v) is 9.19. The van der Waals surface area contributed by atoms with Gasteiger partial charge in [0, 0.05) is 41.5 Å². The van der Waals surface area contributed by atoms with E-state index in [4.69, 9.17) is 14.9 Å². The van der Waals surface area contributed by atoms with Crippen molar-refractivity contribution in [3.63, 3.8) is 0 Å². The molecule has 0 aliphatic rings. The number of aliphatic imine (C=N–C) groups is 1. The first-order valence-corrected chi connectivity index (χ1v) is 13.2. The Balaban J connectivity index is 2.04. The number of benzene rings is 2. The lowest BCUT2D eigenvalue weighted by Gasteiger charge is -2.39. The lowest BCUT2D eigenvalue weighted by molar-refractivity contribution is -0.106. The second-order valence-electron chi connectivity index (χ2n) is 9.19. The number of amides is 2. The van der Waals surface area contributed by atoms with Crippen LogP contribution < -0.4 is 20.7 Å². The van der Waals surface area contributed by atoms with Gasteiger partial charge in [0.05, 0.1) is 11.1 Å². The molecular weight excluding hydrogens is 544 g/mol. The highest BCUT2D eigenvalue weighted by Crippen LogP contribution is 2.32. The number of nitrogens with two attached hydrogens (primary N) is 1. The molecule has 0 fully saturated rings. The van der Waals surface area contributed by atoms with E-state index in [-0.39, 0.29) is 45.9 Å². The van der Waals surface area contributed by atoms with Crippen LogP contribution in [0.15, 0.2) is 53.7 Å². The van der Waals surface area contributed by atoms with Crippen molar-refractivity contribution in [3.05, 3.63) is 87.4 Å². The molecule has 0 aliphatic carbocycles. The summed E-state index contributed by atoms with van der Waals surface area (Å²) in [6.07, 6.45) is 2.41. The maximum Gasteiger partial charge on any atom is 0.365 e. The normalized spacial score (nSPS) is 12.7. The smallest absolute Gasteiger partial charge is 0.365 e. The van der Waals surface area contributed by atoms with Crippen molar-refractivity contribution in [2.75, 3.05) is 26.6 Å². The minimum absolute atomic E-state index is 0.0140. The lowest BCUT2D eigenvalue weighted by atomic mass is 10.1. The fourth-order valence-corrected chi connectivity index (χ4v) is 4.22. The van der Waals surface area contributed by atoms with Crippen LogP contribution in [0.3, 0.4) is 0 Å². The molecule has 0 bridgehead atoms. The van der Waals surface area contributed by atoms with E-state index in [2.05, 4.69) is 20.6 Å². The monoisotopic (exact) mass is 579 g/mol. The number of nitrogens with one attached hydrogen (secondary N) is 3. The van der Waals surface area contributed by atoms with Gasteiger partial charge in [-0.3, -0.25) is 19.7 Å². The number of esters is 1. The number of aromatic nitrogens is 1. The highest BCUT2D eigenvalue weighted by Gasteiger charge is 2.39. The number of aromatic hydroxyl groups is 1. The van der Waals surface area contributed by atoms with Crippen LogP contribution >= 0.6 is 0 Å². The third kappa shape index (κ3) is 7.07. The molecular formula is C29H35N6O7+. The van der Waals surface area contributed by atoms with Crippen LogP contribution in [0.25, 0.3) is 0 Å². The molecule has 1 aromatic heterocycles. The van der Waals surface area contributed by atoms with Crippen molar-refractivity contribution in [2.24, 2.45) is 4.99 Å². The number of ether oxygens (including phenoxy) is 2. The summed E-state index contributed by atoms with van der Waals surface area (Å²) >= 11 is 0. The first kappa shape index (κ1) is 31.7. The lowest BCUT2D eigenvalue weighted by Crippen LogP contribution is -2.52.